The van der Waals surface area contributed by atoms with Crippen LogP contribution in [0.15, 0.2) is 0 Å². The SMILES string of the molecule is Nc1nnc(C(F)(F)C(F)(F)C(F)(F)C(F)(F)F)s1. The Kier molecular flexibility index (Phi) is 3.42. The Labute approximate surface area is 102 Å². The Balaban J connectivity index is 3.33. The maximum absolute atomic E-state index is 13.1. The van der Waals surface area contributed by atoms with Crippen LogP contribution in [0.1, 0.15) is 5.01 Å². The first-order valence-corrected chi connectivity index (χ1v) is 4.86. The molecule has 0 aliphatic heterocycles. The van der Waals surface area contributed by atoms with Gasteiger partial charge in [0, 0.05) is 0 Å². The summed E-state index contributed by atoms with van der Waals surface area (Å²) in [6.45, 7) is 0. The largest absolute Gasteiger partial charge is 0.460 e. The van der Waals surface area contributed by atoms with Crippen molar-refractivity contribution < 1.29 is 39.5 Å². The molecule has 0 unspecified atom stereocenters. The van der Waals surface area contributed by atoms with E-state index in [1.165, 1.54) is 0 Å². The predicted octanol–water partition coefficient (Wildman–Crippen LogP) is 3.04. The van der Waals surface area contributed by atoms with Crippen molar-refractivity contribution in [3.63, 3.8) is 0 Å². The molecular formula is C6H2F9N3S. The van der Waals surface area contributed by atoms with E-state index >= 15 is 0 Å². The number of nitrogens with two attached hydrogens (primary N) is 1. The van der Waals surface area contributed by atoms with E-state index in [-0.39, 0.29) is 0 Å². The second-order valence-electron chi connectivity index (χ2n) is 3.17. The van der Waals surface area contributed by atoms with Crippen LogP contribution in [0.2, 0.25) is 0 Å². The normalized spacial score (nSPS) is 14.8. The molecule has 1 rings (SSSR count). The van der Waals surface area contributed by atoms with Crippen LogP contribution in [0.25, 0.3) is 0 Å². The fourth-order valence-electron chi connectivity index (χ4n) is 0.871. The predicted molar refractivity (Wildman–Crippen MR) is 44.2 cm³/mol. The third-order valence-corrected chi connectivity index (χ3v) is 2.68. The number of alkyl halides is 9. The molecule has 0 saturated heterocycles. The first-order chi connectivity index (χ1) is 8.25. The molecule has 1 heterocycles. The topological polar surface area (TPSA) is 51.8 Å². The standard InChI is InChI=1S/C6H2F9N3S/c7-3(8,1-17-18-2(16)19-1)4(9,10)5(11,12)6(13,14)15/h(H2,16,18). The van der Waals surface area contributed by atoms with Crippen molar-refractivity contribution in [2.45, 2.75) is 23.9 Å². The number of nitrogens with zero attached hydrogens (tertiary/aromatic N) is 2. The number of rotatable bonds is 3. The lowest BCUT2D eigenvalue weighted by atomic mass is 10.0. The van der Waals surface area contributed by atoms with E-state index in [0.717, 1.165) is 0 Å². The summed E-state index contributed by atoms with van der Waals surface area (Å²) in [5.41, 5.74) is 4.77. The minimum Gasteiger partial charge on any atom is -0.374 e. The van der Waals surface area contributed by atoms with Crippen LogP contribution in [0.3, 0.4) is 0 Å². The maximum atomic E-state index is 13.1. The lowest BCUT2D eigenvalue weighted by Crippen LogP contribution is -2.59. The molecular weight excluding hydrogens is 317 g/mol. The van der Waals surface area contributed by atoms with E-state index in [1.807, 2.05) is 0 Å². The Bertz CT molecular complexity index is 465. The zero-order chi connectivity index (χ0) is 15.3. The summed E-state index contributed by atoms with van der Waals surface area (Å²) in [4.78, 5) is 0. The highest BCUT2D eigenvalue weighted by atomic mass is 32.1. The second kappa shape index (κ2) is 4.11. The molecule has 0 radical (unpaired) electrons. The second-order valence-corrected chi connectivity index (χ2v) is 4.18. The fraction of sp³-hybridized carbons (Fsp3) is 0.667. The Morgan fingerprint density at radius 1 is 0.789 bits per heavy atom. The van der Waals surface area contributed by atoms with E-state index in [0.29, 0.717) is 0 Å². The van der Waals surface area contributed by atoms with Gasteiger partial charge in [0.15, 0.2) is 5.01 Å². The highest BCUT2D eigenvalue weighted by Gasteiger charge is 2.82. The summed E-state index contributed by atoms with van der Waals surface area (Å²) in [7, 11) is 0. The van der Waals surface area contributed by atoms with Crippen molar-refractivity contribution in [1.29, 1.82) is 0 Å². The molecule has 0 atom stereocenters. The monoisotopic (exact) mass is 319 g/mol. The molecule has 0 fully saturated rings. The average molecular weight is 319 g/mol. The van der Waals surface area contributed by atoms with Crippen molar-refractivity contribution in [2.24, 2.45) is 0 Å². The molecule has 3 nitrogen and oxygen atoms in total. The molecule has 0 aliphatic carbocycles. The number of hydrogen-bond acceptors (Lipinski definition) is 4. The van der Waals surface area contributed by atoms with Crippen LogP contribution in [-0.2, 0) is 5.92 Å². The van der Waals surface area contributed by atoms with E-state index in [9.17, 15) is 39.5 Å². The Hall–Kier alpha value is -1.27. The van der Waals surface area contributed by atoms with Crippen molar-refractivity contribution in [1.82, 2.24) is 10.2 Å². The van der Waals surface area contributed by atoms with Gasteiger partial charge in [0.05, 0.1) is 0 Å². The van der Waals surface area contributed by atoms with Gasteiger partial charge in [-0.2, -0.15) is 39.5 Å². The fourth-order valence-corrected chi connectivity index (χ4v) is 1.49. The third kappa shape index (κ3) is 2.19. The van der Waals surface area contributed by atoms with Crippen molar-refractivity contribution in [3.05, 3.63) is 5.01 Å². The van der Waals surface area contributed by atoms with Crippen LogP contribution < -0.4 is 5.73 Å². The molecule has 0 bridgehead atoms. The van der Waals surface area contributed by atoms with Crippen LogP contribution >= 0.6 is 11.3 Å². The molecule has 13 heteroatoms. The summed E-state index contributed by atoms with van der Waals surface area (Å²) < 4.78 is 112. The highest BCUT2D eigenvalue weighted by molar-refractivity contribution is 7.15. The van der Waals surface area contributed by atoms with Crippen LogP contribution in [0.5, 0.6) is 0 Å². The molecule has 1 aromatic heterocycles. The number of nitrogen functional groups attached to an aromatic ring is 1. The minimum absolute atomic E-state index is 0.427. The first kappa shape index (κ1) is 15.8. The molecule has 1 aromatic rings. The van der Waals surface area contributed by atoms with Crippen LogP contribution in [0, 0.1) is 0 Å². The number of anilines is 1. The number of hydrogen-bond donors (Lipinski definition) is 1. The minimum atomic E-state index is -6.95. The zero-order valence-corrected chi connectivity index (χ0v) is 9.10. The smallest absolute Gasteiger partial charge is 0.374 e. The van der Waals surface area contributed by atoms with Gasteiger partial charge in [0.2, 0.25) is 5.13 Å². The lowest BCUT2D eigenvalue weighted by Gasteiger charge is -2.32. The maximum Gasteiger partial charge on any atom is 0.460 e. The summed E-state index contributed by atoms with van der Waals surface area (Å²) >= 11 is -0.427. The van der Waals surface area contributed by atoms with Crippen molar-refractivity contribution in [3.8, 4) is 0 Å². The Morgan fingerprint density at radius 2 is 1.26 bits per heavy atom. The van der Waals surface area contributed by atoms with Gasteiger partial charge < -0.3 is 5.73 Å². The molecule has 110 valence electrons. The number of halogens is 9. The molecule has 0 aromatic carbocycles. The zero-order valence-electron chi connectivity index (χ0n) is 8.28. The molecule has 2 N–H and O–H groups in total. The van der Waals surface area contributed by atoms with E-state index < -0.39 is 45.4 Å². The summed E-state index contributed by atoms with van der Waals surface area (Å²) in [6.07, 6.45) is -6.86. The Morgan fingerprint density at radius 3 is 1.58 bits per heavy atom. The van der Waals surface area contributed by atoms with E-state index in [4.69, 9.17) is 5.73 Å². The third-order valence-electron chi connectivity index (χ3n) is 1.85. The van der Waals surface area contributed by atoms with Gasteiger partial charge in [0.1, 0.15) is 0 Å². The molecule has 0 spiro atoms. The number of aromatic nitrogens is 2. The van der Waals surface area contributed by atoms with Crippen molar-refractivity contribution >= 4 is 16.5 Å². The van der Waals surface area contributed by atoms with E-state index in [1.54, 1.807) is 0 Å². The van der Waals surface area contributed by atoms with Gasteiger partial charge in [-0.05, 0) is 0 Å². The molecule has 0 amide bonds. The van der Waals surface area contributed by atoms with Crippen LogP contribution in [-0.4, -0.2) is 28.2 Å². The average Bonchev–Trinajstić information content (AvgIpc) is 2.63. The molecule has 0 saturated carbocycles. The van der Waals surface area contributed by atoms with Crippen molar-refractivity contribution in [2.75, 3.05) is 5.73 Å². The lowest BCUT2D eigenvalue weighted by molar-refractivity contribution is -0.399. The van der Waals surface area contributed by atoms with Gasteiger partial charge in [0.25, 0.3) is 0 Å². The molecule has 0 aliphatic rings. The van der Waals surface area contributed by atoms with E-state index in [2.05, 4.69) is 10.2 Å². The first-order valence-electron chi connectivity index (χ1n) is 4.04. The van der Waals surface area contributed by atoms with Gasteiger partial charge in [-0.1, -0.05) is 11.3 Å². The summed E-state index contributed by atoms with van der Waals surface area (Å²) in [5, 5.41) is 2.18. The quantitative estimate of drug-likeness (QED) is 0.871. The van der Waals surface area contributed by atoms with Gasteiger partial charge >= 0.3 is 23.9 Å². The van der Waals surface area contributed by atoms with Gasteiger partial charge in [-0.3, -0.25) is 0 Å². The van der Waals surface area contributed by atoms with Gasteiger partial charge in [-0.15, -0.1) is 10.2 Å². The summed E-state index contributed by atoms with van der Waals surface area (Å²) in [5.74, 6) is -19.6. The summed E-state index contributed by atoms with van der Waals surface area (Å²) in [6, 6.07) is 0. The van der Waals surface area contributed by atoms with Crippen LogP contribution in [0.4, 0.5) is 44.6 Å². The van der Waals surface area contributed by atoms with Gasteiger partial charge in [-0.25, -0.2) is 0 Å². The molecule has 19 heavy (non-hydrogen) atoms. The highest BCUT2D eigenvalue weighted by Crippen LogP contribution is 2.56.